The molecule has 0 fully saturated rings. The molecule has 7 heteroatoms. The molecule has 0 amide bonds. The van der Waals surface area contributed by atoms with Gasteiger partial charge in [0.05, 0.1) is 5.69 Å². The fraction of sp³-hybridized carbons (Fsp3) is 0. The van der Waals surface area contributed by atoms with Crippen LogP contribution in [0.3, 0.4) is 0 Å². The number of hydrogen-bond acceptors (Lipinski definition) is 5. The van der Waals surface area contributed by atoms with Crippen LogP contribution in [-0.4, -0.2) is 25.0 Å². The molecule has 212 valence electrons. The zero-order valence-electron chi connectivity index (χ0n) is 23.5. The van der Waals surface area contributed by atoms with Gasteiger partial charge in [0.2, 0.25) is 0 Å². The van der Waals surface area contributed by atoms with Crippen LogP contribution in [0.25, 0.3) is 55.6 Å². The van der Waals surface area contributed by atoms with Crippen LogP contribution < -0.4 is 5.10 Å². The topological polar surface area (TPSA) is 78.5 Å². The summed E-state index contributed by atoms with van der Waals surface area (Å²) in [5, 5.41) is 12.1. The smallest absolute Gasteiger partial charge is 0.424 e. The van der Waals surface area contributed by atoms with E-state index in [1.54, 1.807) is 6.20 Å². The molecule has 4 heterocycles. The second kappa shape index (κ2) is 15.2. The monoisotopic (exact) mass is 746 g/mol. The third-order valence-corrected chi connectivity index (χ3v) is 6.55. The maximum Gasteiger partial charge on any atom is 3.00 e. The molecule has 0 aliphatic rings. The van der Waals surface area contributed by atoms with E-state index in [2.05, 4.69) is 66.5 Å². The van der Waals surface area contributed by atoms with Crippen LogP contribution in [0.1, 0.15) is 0 Å². The Morgan fingerprint density at radius 1 is 0.477 bits per heavy atom. The molecule has 6 nitrogen and oxygen atoms in total. The van der Waals surface area contributed by atoms with Gasteiger partial charge >= 0.3 is 20.1 Å². The van der Waals surface area contributed by atoms with Crippen molar-refractivity contribution in [2.45, 2.75) is 0 Å². The van der Waals surface area contributed by atoms with E-state index in [0.29, 0.717) is 5.82 Å². The van der Waals surface area contributed by atoms with Gasteiger partial charge < -0.3 is 20.1 Å². The summed E-state index contributed by atoms with van der Waals surface area (Å²) >= 11 is 0. The van der Waals surface area contributed by atoms with Crippen molar-refractivity contribution in [2.24, 2.45) is 0 Å². The molecule has 0 aliphatic carbocycles. The molecule has 4 aromatic carbocycles. The van der Waals surface area contributed by atoms with Gasteiger partial charge in [0.25, 0.3) is 0 Å². The number of fused-ring (bicyclic) bond motifs is 2. The largest absolute Gasteiger partial charge is 3.00 e. The molecule has 4 aromatic heterocycles. The van der Waals surface area contributed by atoms with E-state index in [1.807, 2.05) is 116 Å². The van der Waals surface area contributed by atoms with Gasteiger partial charge in [-0.05, 0) is 63.0 Å². The summed E-state index contributed by atoms with van der Waals surface area (Å²) in [6.45, 7) is 0. The molecule has 0 spiro atoms. The minimum Gasteiger partial charge on any atom is -0.424 e. The number of benzene rings is 4. The van der Waals surface area contributed by atoms with Gasteiger partial charge in [0, 0.05) is 24.9 Å². The molecule has 0 aliphatic heterocycles. The van der Waals surface area contributed by atoms with Crippen LogP contribution in [0.15, 0.2) is 152 Å². The third-order valence-electron chi connectivity index (χ3n) is 6.55. The van der Waals surface area contributed by atoms with Crippen molar-refractivity contribution in [2.75, 3.05) is 0 Å². The summed E-state index contributed by atoms with van der Waals surface area (Å²) in [6.07, 6.45) is 6.80. The Morgan fingerprint density at radius 2 is 1.02 bits per heavy atom. The molecule has 0 N–H and O–H groups in total. The van der Waals surface area contributed by atoms with Gasteiger partial charge in [-0.25, -0.2) is 0 Å². The summed E-state index contributed by atoms with van der Waals surface area (Å²) in [6, 6.07) is 48.5. The average Bonchev–Trinajstić information content (AvgIpc) is 3.65. The summed E-state index contributed by atoms with van der Waals surface area (Å²) in [7, 11) is 0. The van der Waals surface area contributed by atoms with E-state index in [4.69, 9.17) is 0 Å². The Hall–Kier alpha value is -5.36. The molecule has 8 aromatic rings. The van der Waals surface area contributed by atoms with Gasteiger partial charge in [-0.2, -0.15) is 0 Å². The Labute approximate surface area is 269 Å². The molecular formula is C37H25IrN6. The Bertz CT molecular complexity index is 1890. The van der Waals surface area contributed by atoms with Crippen LogP contribution in [0.5, 0.6) is 0 Å². The molecule has 0 bridgehead atoms. The second-order valence-electron chi connectivity index (χ2n) is 9.31. The second-order valence-corrected chi connectivity index (χ2v) is 9.31. The fourth-order valence-corrected chi connectivity index (χ4v) is 4.55. The van der Waals surface area contributed by atoms with Crippen molar-refractivity contribution in [3.8, 4) is 34.0 Å². The van der Waals surface area contributed by atoms with Crippen molar-refractivity contribution in [3.05, 3.63) is 164 Å². The van der Waals surface area contributed by atoms with Gasteiger partial charge in [0.15, 0.2) is 0 Å². The average molecular weight is 746 g/mol. The van der Waals surface area contributed by atoms with Crippen LogP contribution in [0.2, 0.25) is 0 Å². The zero-order chi connectivity index (χ0) is 29.1. The summed E-state index contributed by atoms with van der Waals surface area (Å²) in [5.74, 6) is 0.575. The first-order valence-corrected chi connectivity index (χ1v) is 13.7. The normalized spacial score (nSPS) is 10.1. The minimum absolute atomic E-state index is 0. The number of pyridine rings is 3. The third kappa shape index (κ3) is 7.34. The van der Waals surface area contributed by atoms with E-state index in [0.717, 1.165) is 28.2 Å². The SMILES string of the molecule is [Ir+3].[c-]1ccccc1-c1nccc2ccccc12.[c-]1ccccc1-c1nccc2ccccc12.c1ccc(-c2ncn[n-]2)nc1. The van der Waals surface area contributed by atoms with Gasteiger partial charge in [0.1, 0.15) is 0 Å². The first-order valence-electron chi connectivity index (χ1n) is 13.7. The van der Waals surface area contributed by atoms with Crippen LogP contribution in [0.4, 0.5) is 0 Å². The standard InChI is InChI=1S/2C15H10N.C7H5N4.Ir/c2*1-2-7-13(8-3-1)15-14-9-5-4-6-12(14)10-11-16-15;1-2-4-8-6(3-1)7-9-5-10-11-7;/h2*1-7,9-11H;1-5H;/q3*-1;+3. The van der Waals surface area contributed by atoms with Crippen LogP contribution >= 0.6 is 0 Å². The number of hydrogen-bond donors (Lipinski definition) is 0. The first kappa shape index (κ1) is 30.1. The van der Waals surface area contributed by atoms with Crippen LogP contribution in [0, 0.1) is 12.1 Å². The van der Waals surface area contributed by atoms with E-state index in [9.17, 15) is 0 Å². The van der Waals surface area contributed by atoms with E-state index >= 15 is 0 Å². The number of rotatable bonds is 3. The molecule has 0 saturated carbocycles. The quantitative estimate of drug-likeness (QED) is 0.171. The summed E-state index contributed by atoms with van der Waals surface area (Å²) in [4.78, 5) is 16.8. The van der Waals surface area contributed by atoms with Crippen molar-refractivity contribution < 1.29 is 20.1 Å². The minimum atomic E-state index is 0. The maximum absolute atomic E-state index is 4.45. The molecule has 0 radical (unpaired) electrons. The van der Waals surface area contributed by atoms with E-state index in [-0.39, 0.29) is 20.1 Å². The summed E-state index contributed by atoms with van der Waals surface area (Å²) in [5.41, 5.74) is 4.83. The number of aromatic nitrogens is 6. The Morgan fingerprint density at radius 3 is 1.50 bits per heavy atom. The van der Waals surface area contributed by atoms with Gasteiger partial charge in [-0.15, -0.1) is 71.8 Å². The van der Waals surface area contributed by atoms with Crippen molar-refractivity contribution >= 4 is 21.5 Å². The first-order chi connectivity index (χ1) is 21.4. The molecule has 44 heavy (non-hydrogen) atoms. The molecule has 0 unspecified atom stereocenters. The van der Waals surface area contributed by atoms with Gasteiger partial charge in [-0.1, -0.05) is 54.6 Å². The zero-order valence-corrected chi connectivity index (χ0v) is 25.8. The molecular weight excluding hydrogens is 721 g/mol. The van der Waals surface area contributed by atoms with Crippen molar-refractivity contribution in [1.82, 2.24) is 30.1 Å². The van der Waals surface area contributed by atoms with Crippen molar-refractivity contribution in [1.29, 1.82) is 0 Å². The molecule has 0 saturated heterocycles. The Kier molecular flexibility index (Phi) is 10.4. The Balaban J connectivity index is 0.000000132. The van der Waals surface area contributed by atoms with E-state index < -0.39 is 0 Å². The predicted octanol–water partition coefficient (Wildman–Crippen LogP) is 7.90. The van der Waals surface area contributed by atoms with E-state index in [1.165, 1.54) is 27.9 Å². The fourth-order valence-electron chi connectivity index (χ4n) is 4.55. The number of nitrogens with zero attached hydrogens (tertiary/aromatic N) is 6. The van der Waals surface area contributed by atoms with Crippen LogP contribution in [-0.2, 0) is 20.1 Å². The molecule has 8 rings (SSSR count). The van der Waals surface area contributed by atoms with Crippen molar-refractivity contribution in [3.63, 3.8) is 0 Å². The molecule has 0 atom stereocenters. The summed E-state index contributed by atoms with van der Waals surface area (Å²) < 4.78 is 0. The maximum atomic E-state index is 4.45. The predicted molar refractivity (Wildman–Crippen MR) is 171 cm³/mol. The van der Waals surface area contributed by atoms with Gasteiger partial charge in [-0.3, -0.25) is 10.1 Å².